The molecule has 15 heteroatoms. The summed E-state index contributed by atoms with van der Waals surface area (Å²) in [6, 6.07) is 16.8. The number of sulfonamides is 1. The summed E-state index contributed by atoms with van der Waals surface area (Å²) in [6.45, 7) is 7.83. The maximum Gasteiger partial charge on any atom is 0.326 e. The van der Waals surface area contributed by atoms with E-state index in [1.165, 1.54) is 4.31 Å². The molecule has 3 atom stereocenters. The molecular formula is C36H44Cl3N5O5S2. The number of aryl methyl sites for hydroxylation is 1. The third kappa shape index (κ3) is 8.65. The van der Waals surface area contributed by atoms with Gasteiger partial charge >= 0.3 is 6.03 Å². The number of hydrogen-bond donors (Lipinski definition) is 0. The first-order valence-corrected chi connectivity index (χ1v) is 20.9. The van der Waals surface area contributed by atoms with Gasteiger partial charge in [0, 0.05) is 55.9 Å². The van der Waals surface area contributed by atoms with Crippen LogP contribution in [0.4, 0.5) is 4.79 Å². The lowest BCUT2D eigenvalue weighted by atomic mass is 9.93. The Morgan fingerprint density at radius 3 is 2.10 bits per heavy atom. The monoisotopic (exact) mass is 795 g/mol. The summed E-state index contributed by atoms with van der Waals surface area (Å²) >= 11 is 11.8. The largest absolute Gasteiger partial charge is 0.617 e. The van der Waals surface area contributed by atoms with Crippen molar-refractivity contribution in [2.24, 2.45) is 4.99 Å². The molecule has 0 bridgehead atoms. The summed E-state index contributed by atoms with van der Waals surface area (Å²) < 4.78 is 47.5. The molecule has 0 aromatic heterocycles. The number of halogens is 3. The summed E-state index contributed by atoms with van der Waals surface area (Å²) in [4.78, 5) is 26.2. The molecule has 0 aliphatic carbocycles. The molecule has 6 rings (SSSR count). The van der Waals surface area contributed by atoms with Crippen molar-refractivity contribution < 1.29 is 22.5 Å². The first kappa shape index (κ1) is 39.7. The van der Waals surface area contributed by atoms with E-state index in [2.05, 4.69) is 4.90 Å². The van der Waals surface area contributed by atoms with Gasteiger partial charge in [-0.25, -0.2) is 13.2 Å². The zero-order valence-corrected chi connectivity index (χ0v) is 32.9. The smallest absolute Gasteiger partial charge is 0.326 e. The number of carbonyl (C=O) groups is 1. The van der Waals surface area contributed by atoms with Gasteiger partial charge in [0.05, 0.1) is 29.4 Å². The number of amides is 2. The molecule has 3 aromatic rings. The van der Waals surface area contributed by atoms with Crippen LogP contribution in [0.1, 0.15) is 54.1 Å². The maximum absolute atomic E-state index is 15.0. The van der Waals surface area contributed by atoms with Crippen LogP contribution in [0.5, 0.6) is 5.75 Å². The van der Waals surface area contributed by atoms with E-state index in [9.17, 15) is 17.8 Å². The lowest BCUT2D eigenvalue weighted by molar-refractivity contribution is 0.122. The summed E-state index contributed by atoms with van der Waals surface area (Å²) in [5.41, 5.74) is 2.66. The first-order chi connectivity index (χ1) is 24.0. The summed E-state index contributed by atoms with van der Waals surface area (Å²) in [5.74, 6) is 1.36. The number of hydrogen-bond acceptors (Lipinski definition) is 7. The molecule has 3 aromatic carbocycles. The predicted molar refractivity (Wildman–Crippen MR) is 207 cm³/mol. The van der Waals surface area contributed by atoms with E-state index < -0.39 is 33.3 Å². The Balaban J connectivity index is 0.00000504. The van der Waals surface area contributed by atoms with Gasteiger partial charge in [-0.1, -0.05) is 58.6 Å². The van der Waals surface area contributed by atoms with Gasteiger partial charge in [0.15, 0.2) is 0 Å². The molecule has 1 unspecified atom stereocenters. The average Bonchev–Trinajstić information content (AvgIpc) is 3.78. The zero-order valence-electron chi connectivity index (χ0n) is 29.0. The number of carbonyl (C=O) groups excluding carboxylic acids is 1. The third-order valence-corrected chi connectivity index (χ3v) is 12.8. The van der Waals surface area contributed by atoms with Crippen molar-refractivity contribution in [1.82, 2.24) is 19.0 Å². The van der Waals surface area contributed by atoms with Crippen LogP contribution >= 0.6 is 35.6 Å². The van der Waals surface area contributed by atoms with Crippen LogP contribution in [0, 0.1) is 6.92 Å². The van der Waals surface area contributed by atoms with Crippen molar-refractivity contribution in [1.29, 1.82) is 0 Å². The Kier molecular flexibility index (Phi) is 13.3. The van der Waals surface area contributed by atoms with Gasteiger partial charge in [-0.05, 0) is 79.8 Å². The van der Waals surface area contributed by atoms with Gasteiger partial charge in [0.2, 0.25) is 10.0 Å². The molecule has 0 radical (unpaired) electrons. The number of piperazine rings is 1. The number of nitrogens with zero attached hydrogens (tertiary/aromatic N) is 5. The van der Waals surface area contributed by atoms with Crippen molar-refractivity contribution in [2.45, 2.75) is 43.7 Å². The predicted octanol–water partition coefficient (Wildman–Crippen LogP) is 6.57. The molecule has 3 heterocycles. The third-order valence-electron chi connectivity index (χ3n) is 9.53. The number of amidine groups is 1. The standard InChI is InChI=1S/C36H43Cl2N5O5S2.ClH/c1-4-48-31-23-25(2)32(50(46,47)42-15-5-6-16-42)24-30(31)35-39-33(26-7-11-28(37)12-8-26)34(27-9-13-29(38)14-10-27)43(35)36(44)41-19-17-40(18-20-41)21-22-49(3)45;/h7-14,23-24,33-34H,4-6,15-22H2,1-3H3;1H/t33-,34+,49?;/m0./s1. The van der Waals surface area contributed by atoms with Crippen LogP contribution in [-0.2, 0) is 21.2 Å². The van der Waals surface area contributed by atoms with Gasteiger partial charge in [-0.15, -0.1) is 12.4 Å². The Morgan fingerprint density at radius 1 is 0.941 bits per heavy atom. The van der Waals surface area contributed by atoms with Crippen LogP contribution in [0.25, 0.3) is 0 Å². The fourth-order valence-electron chi connectivity index (χ4n) is 6.88. The van der Waals surface area contributed by atoms with Gasteiger partial charge in [-0.3, -0.25) is 14.8 Å². The fraction of sp³-hybridized carbons (Fsp3) is 0.444. The molecule has 51 heavy (non-hydrogen) atoms. The zero-order chi connectivity index (χ0) is 35.6. The SMILES string of the molecule is CCOc1cc(C)c(S(=O)(=O)N2CCCC2)cc1C1=N[C@@H](c2ccc(Cl)cc2)[C@@H](c2ccc(Cl)cc2)N1C(=O)N1CCN(CC[S+](C)[O-])CC1.Cl. The van der Waals surface area contributed by atoms with Crippen LogP contribution < -0.4 is 4.74 Å². The van der Waals surface area contributed by atoms with Crippen molar-refractivity contribution in [3.63, 3.8) is 0 Å². The normalized spacial score (nSPS) is 20.6. The van der Waals surface area contributed by atoms with Gasteiger partial charge in [-0.2, -0.15) is 4.31 Å². The summed E-state index contributed by atoms with van der Waals surface area (Å²) in [6.07, 6.45) is 3.32. The second-order valence-electron chi connectivity index (χ2n) is 12.9. The molecule has 2 amide bonds. The Bertz CT molecular complexity index is 1820. The highest BCUT2D eigenvalue weighted by Crippen LogP contribution is 2.46. The number of urea groups is 1. The molecule has 0 N–H and O–H groups in total. The Hall–Kier alpha value is -2.55. The van der Waals surface area contributed by atoms with Crippen LogP contribution in [0.3, 0.4) is 0 Å². The highest BCUT2D eigenvalue weighted by atomic mass is 35.5. The Labute approximate surface area is 320 Å². The molecule has 2 fully saturated rings. The van der Waals surface area contributed by atoms with E-state index in [4.69, 9.17) is 32.9 Å². The van der Waals surface area contributed by atoms with Crippen molar-refractivity contribution in [3.05, 3.63) is 93.0 Å². The molecule has 276 valence electrons. The summed E-state index contributed by atoms with van der Waals surface area (Å²) in [5, 5.41) is 1.14. The van der Waals surface area contributed by atoms with E-state index in [1.54, 1.807) is 54.5 Å². The second-order valence-corrected chi connectivity index (χ2v) is 17.2. The van der Waals surface area contributed by atoms with E-state index in [0.717, 1.165) is 24.0 Å². The molecule has 10 nitrogen and oxygen atoms in total. The van der Waals surface area contributed by atoms with Gasteiger partial charge in [0.25, 0.3) is 0 Å². The minimum atomic E-state index is -3.82. The van der Waals surface area contributed by atoms with Crippen LogP contribution in [0.15, 0.2) is 70.6 Å². The lowest BCUT2D eigenvalue weighted by Crippen LogP contribution is -2.54. The number of aliphatic imine (C=N–C) groups is 1. The minimum Gasteiger partial charge on any atom is -0.617 e. The molecular weight excluding hydrogens is 753 g/mol. The van der Waals surface area contributed by atoms with E-state index >= 15 is 0 Å². The quantitative estimate of drug-likeness (QED) is 0.215. The van der Waals surface area contributed by atoms with Crippen LogP contribution in [-0.4, -0.2) is 108 Å². The minimum absolute atomic E-state index is 0. The average molecular weight is 797 g/mol. The highest BCUT2D eigenvalue weighted by molar-refractivity contribution is 7.90. The van der Waals surface area contributed by atoms with Crippen molar-refractivity contribution in [3.8, 4) is 5.75 Å². The topological polar surface area (TPSA) is 109 Å². The molecule has 3 aliphatic rings. The number of ether oxygens (including phenoxy) is 1. The molecule has 0 saturated carbocycles. The molecule has 0 spiro atoms. The Morgan fingerprint density at radius 2 is 1.53 bits per heavy atom. The second kappa shape index (κ2) is 17.1. The molecule has 3 aliphatic heterocycles. The van der Waals surface area contributed by atoms with Gasteiger partial charge in [0.1, 0.15) is 23.4 Å². The maximum atomic E-state index is 15.0. The van der Waals surface area contributed by atoms with E-state index in [-0.39, 0.29) is 23.3 Å². The van der Waals surface area contributed by atoms with Crippen LogP contribution in [0.2, 0.25) is 10.0 Å². The van der Waals surface area contributed by atoms with Crippen molar-refractivity contribution >= 4 is 68.7 Å². The molecule has 2 saturated heterocycles. The number of benzene rings is 3. The summed E-state index contributed by atoms with van der Waals surface area (Å²) in [7, 11) is -3.82. The van der Waals surface area contributed by atoms with E-state index in [1.807, 2.05) is 36.1 Å². The first-order valence-electron chi connectivity index (χ1n) is 16.9. The fourth-order valence-corrected chi connectivity index (χ4v) is 9.40. The van der Waals surface area contributed by atoms with Gasteiger partial charge < -0.3 is 14.2 Å². The number of rotatable bonds is 10. The van der Waals surface area contributed by atoms with E-state index in [0.29, 0.717) is 90.9 Å². The lowest BCUT2D eigenvalue weighted by Gasteiger charge is -2.39. The van der Waals surface area contributed by atoms with Crippen molar-refractivity contribution in [2.75, 3.05) is 64.4 Å². The highest BCUT2D eigenvalue weighted by Gasteiger charge is 2.45.